The molecule has 2 aliphatic heterocycles. The molecule has 0 saturated carbocycles. The van der Waals surface area contributed by atoms with Gasteiger partial charge in [-0.25, -0.2) is 9.97 Å². The van der Waals surface area contributed by atoms with Crippen molar-refractivity contribution in [2.75, 3.05) is 44.2 Å². The van der Waals surface area contributed by atoms with Gasteiger partial charge >= 0.3 is 0 Å². The second-order valence-corrected chi connectivity index (χ2v) is 7.41. The fourth-order valence-electron chi connectivity index (χ4n) is 4.11. The predicted molar refractivity (Wildman–Crippen MR) is 103 cm³/mol. The van der Waals surface area contributed by atoms with Crippen LogP contribution in [0, 0.1) is 0 Å². The number of para-hydroxylation sites is 1. The molecule has 3 heterocycles. The van der Waals surface area contributed by atoms with Crippen LogP contribution in [-0.2, 0) is 4.79 Å². The Kier molecular flexibility index (Phi) is 5.02. The first-order chi connectivity index (χ1) is 12.7. The van der Waals surface area contributed by atoms with Gasteiger partial charge in [0.1, 0.15) is 12.1 Å². The van der Waals surface area contributed by atoms with E-state index in [0.29, 0.717) is 12.6 Å². The fourth-order valence-corrected chi connectivity index (χ4v) is 4.11. The Hall–Kier alpha value is -2.21. The van der Waals surface area contributed by atoms with E-state index in [1.54, 1.807) is 6.33 Å². The van der Waals surface area contributed by atoms with E-state index in [2.05, 4.69) is 37.7 Å². The molecule has 0 radical (unpaired) electrons. The summed E-state index contributed by atoms with van der Waals surface area (Å²) in [6.45, 7) is 7.22. The number of fused-ring (bicyclic) bond motifs is 1. The lowest BCUT2D eigenvalue weighted by atomic mass is 10.0. The van der Waals surface area contributed by atoms with Gasteiger partial charge in [-0.15, -0.1) is 0 Å². The Balaban J connectivity index is 1.37. The Morgan fingerprint density at radius 2 is 1.88 bits per heavy atom. The van der Waals surface area contributed by atoms with Crippen molar-refractivity contribution in [3.63, 3.8) is 0 Å². The van der Waals surface area contributed by atoms with Gasteiger partial charge < -0.3 is 9.80 Å². The van der Waals surface area contributed by atoms with E-state index < -0.39 is 0 Å². The minimum Gasteiger partial charge on any atom is -0.353 e. The van der Waals surface area contributed by atoms with Crippen LogP contribution in [0.5, 0.6) is 0 Å². The van der Waals surface area contributed by atoms with Crippen molar-refractivity contribution in [1.82, 2.24) is 19.8 Å². The molecule has 1 unspecified atom stereocenters. The highest BCUT2D eigenvalue weighted by Gasteiger charge is 2.26. The summed E-state index contributed by atoms with van der Waals surface area (Å²) in [4.78, 5) is 28.2. The summed E-state index contributed by atoms with van der Waals surface area (Å²) in [5, 5.41) is 1.10. The maximum absolute atomic E-state index is 12.7. The molecule has 6 nitrogen and oxygen atoms in total. The number of anilines is 1. The lowest BCUT2D eigenvalue weighted by molar-refractivity contribution is -0.135. The van der Waals surface area contributed by atoms with Crippen molar-refractivity contribution in [3.8, 4) is 0 Å². The lowest BCUT2D eigenvalue weighted by Gasteiger charge is -2.38. The lowest BCUT2D eigenvalue weighted by Crippen LogP contribution is -2.52. The van der Waals surface area contributed by atoms with Gasteiger partial charge in [-0.05, 0) is 38.3 Å². The molecular formula is C20H27N5O. The smallest absolute Gasteiger partial charge is 0.236 e. The van der Waals surface area contributed by atoms with Gasteiger partial charge in [0.05, 0.1) is 12.1 Å². The quantitative estimate of drug-likeness (QED) is 0.846. The molecule has 1 amide bonds. The number of rotatable bonds is 3. The van der Waals surface area contributed by atoms with Crippen LogP contribution < -0.4 is 4.90 Å². The number of amides is 1. The Bertz CT molecular complexity index is 766. The van der Waals surface area contributed by atoms with Crippen molar-refractivity contribution in [1.29, 1.82) is 0 Å². The highest BCUT2D eigenvalue weighted by Crippen LogP contribution is 2.23. The van der Waals surface area contributed by atoms with Gasteiger partial charge in [-0.2, -0.15) is 0 Å². The normalized spacial score (nSPS) is 22.0. The number of piperazine rings is 1. The van der Waals surface area contributed by atoms with E-state index in [9.17, 15) is 4.79 Å². The molecule has 1 aromatic carbocycles. The van der Waals surface area contributed by atoms with Gasteiger partial charge in [0, 0.05) is 44.2 Å². The van der Waals surface area contributed by atoms with Crippen LogP contribution in [-0.4, -0.2) is 71.0 Å². The first-order valence-corrected chi connectivity index (χ1v) is 9.69. The SMILES string of the molecule is CC1CCCCN1C(=O)CN1CCN(c2ncnc3ccccc23)CC1. The summed E-state index contributed by atoms with van der Waals surface area (Å²) in [7, 11) is 0. The Morgan fingerprint density at radius 3 is 2.69 bits per heavy atom. The van der Waals surface area contributed by atoms with Crippen LogP contribution in [0.3, 0.4) is 0 Å². The van der Waals surface area contributed by atoms with Gasteiger partial charge in [-0.3, -0.25) is 9.69 Å². The van der Waals surface area contributed by atoms with Crippen LogP contribution >= 0.6 is 0 Å². The van der Waals surface area contributed by atoms with E-state index >= 15 is 0 Å². The number of nitrogens with zero attached hydrogens (tertiary/aromatic N) is 5. The number of carbonyl (C=O) groups is 1. The van der Waals surface area contributed by atoms with E-state index in [4.69, 9.17) is 0 Å². The predicted octanol–water partition coefficient (Wildman–Crippen LogP) is 2.15. The summed E-state index contributed by atoms with van der Waals surface area (Å²) in [6.07, 6.45) is 5.17. The zero-order valence-electron chi connectivity index (χ0n) is 15.5. The van der Waals surface area contributed by atoms with Crippen molar-refractivity contribution in [2.45, 2.75) is 32.2 Å². The van der Waals surface area contributed by atoms with E-state index in [1.165, 1.54) is 6.42 Å². The fraction of sp³-hybridized carbons (Fsp3) is 0.550. The van der Waals surface area contributed by atoms with Crippen LogP contribution in [0.2, 0.25) is 0 Å². The van der Waals surface area contributed by atoms with Crippen molar-refractivity contribution in [2.24, 2.45) is 0 Å². The summed E-state index contributed by atoms with van der Waals surface area (Å²) >= 11 is 0. The van der Waals surface area contributed by atoms with E-state index in [1.807, 2.05) is 18.2 Å². The largest absolute Gasteiger partial charge is 0.353 e. The van der Waals surface area contributed by atoms with Gasteiger partial charge in [0.15, 0.2) is 0 Å². The molecule has 4 rings (SSSR count). The summed E-state index contributed by atoms with van der Waals surface area (Å²) in [6, 6.07) is 8.53. The molecule has 2 fully saturated rings. The van der Waals surface area contributed by atoms with E-state index in [0.717, 1.165) is 62.3 Å². The maximum atomic E-state index is 12.7. The number of benzene rings is 1. The molecule has 2 aliphatic rings. The summed E-state index contributed by atoms with van der Waals surface area (Å²) in [5.41, 5.74) is 0.981. The van der Waals surface area contributed by atoms with Gasteiger partial charge in [0.2, 0.25) is 5.91 Å². The number of likely N-dealkylation sites (tertiary alicyclic amines) is 1. The highest BCUT2D eigenvalue weighted by atomic mass is 16.2. The second-order valence-electron chi connectivity index (χ2n) is 7.41. The Labute approximate surface area is 154 Å². The molecule has 0 bridgehead atoms. The number of piperidine rings is 1. The highest BCUT2D eigenvalue weighted by molar-refractivity contribution is 5.89. The molecule has 1 atom stereocenters. The zero-order valence-corrected chi connectivity index (χ0v) is 15.5. The van der Waals surface area contributed by atoms with Crippen molar-refractivity contribution < 1.29 is 4.79 Å². The molecular weight excluding hydrogens is 326 g/mol. The zero-order chi connectivity index (χ0) is 17.9. The molecule has 138 valence electrons. The molecule has 6 heteroatoms. The minimum atomic E-state index is 0.290. The summed E-state index contributed by atoms with van der Waals surface area (Å²) in [5.74, 6) is 1.30. The molecule has 26 heavy (non-hydrogen) atoms. The maximum Gasteiger partial charge on any atom is 0.236 e. The topological polar surface area (TPSA) is 52.6 Å². The van der Waals surface area contributed by atoms with Crippen molar-refractivity contribution in [3.05, 3.63) is 30.6 Å². The van der Waals surface area contributed by atoms with Crippen molar-refractivity contribution >= 4 is 22.6 Å². The number of carbonyl (C=O) groups excluding carboxylic acids is 1. The second kappa shape index (κ2) is 7.58. The molecule has 0 spiro atoms. The van der Waals surface area contributed by atoms with Crippen LogP contribution in [0.15, 0.2) is 30.6 Å². The monoisotopic (exact) mass is 353 g/mol. The molecule has 2 aromatic rings. The summed E-state index contributed by atoms with van der Waals surface area (Å²) < 4.78 is 0. The van der Waals surface area contributed by atoms with Crippen LogP contribution in [0.1, 0.15) is 26.2 Å². The Morgan fingerprint density at radius 1 is 1.08 bits per heavy atom. The standard InChI is InChI=1S/C20H27N5O/c1-16-6-4-5-9-25(16)19(26)14-23-10-12-24(13-11-23)20-17-7-2-3-8-18(17)21-15-22-20/h2-3,7-8,15-16H,4-6,9-14H2,1H3. The van der Waals surface area contributed by atoms with Gasteiger partial charge in [-0.1, -0.05) is 12.1 Å². The first-order valence-electron chi connectivity index (χ1n) is 9.69. The third-order valence-corrected chi connectivity index (χ3v) is 5.68. The van der Waals surface area contributed by atoms with Crippen LogP contribution in [0.4, 0.5) is 5.82 Å². The third-order valence-electron chi connectivity index (χ3n) is 5.68. The molecule has 0 N–H and O–H groups in total. The minimum absolute atomic E-state index is 0.290. The first kappa shape index (κ1) is 17.2. The third kappa shape index (κ3) is 3.51. The van der Waals surface area contributed by atoms with Crippen LogP contribution in [0.25, 0.3) is 10.9 Å². The van der Waals surface area contributed by atoms with Gasteiger partial charge in [0.25, 0.3) is 0 Å². The number of aromatic nitrogens is 2. The number of hydrogen-bond acceptors (Lipinski definition) is 5. The number of hydrogen-bond donors (Lipinski definition) is 0. The molecule has 0 aliphatic carbocycles. The average Bonchev–Trinajstić information content (AvgIpc) is 2.68. The average molecular weight is 353 g/mol. The van der Waals surface area contributed by atoms with E-state index in [-0.39, 0.29) is 5.91 Å². The molecule has 1 aromatic heterocycles. The molecule has 2 saturated heterocycles.